The molecule has 0 rings (SSSR count). The van der Waals surface area contributed by atoms with Gasteiger partial charge in [-0.3, -0.25) is 0 Å². The van der Waals surface area contributed by atoms with Gasteiger partial charge in [0.2, 0.25) is 0 Å². The molecule has 2 heteroatoms. The van der Waals surface area contributed by atoms with Gasteiger partial charge in [-0.25, -0.2) is 0 Å². The van der Waals surface area contributed by atoms with E-state index in [-0.39, 0.29) is 68.9 Å². The van der Waals surface area contributed by atoms with Crippen LogP contribution in [-0.4, -0.2) is 5.60 Å². The van der Waals surface area contributed by atoms with Crippen molar-refractivity contribution >= 4 is 0 Å². The zero-order valence-electron chi connectivity index (χ0n) is 8.44. The van der Waals surface area contributed by atoms with E-state index in [1.54, 1.807) is 0 Å². The Balaban J connectivity index is 0. The normalized spacial score (nSPS) is 10.9. The van der Waals surface area contributed by atoms with E-state index in [2.05, 4.69) is 6.92 Å². The maximum absolute atomic E-state index is 11.6. The molecule has 0 amide bonds. The minimum atomic E-state index is -0.615. The van der Waals surface area contributed by atoms with E-state index in [9.17, 15) is 5.11 Å². The first kappa shape index (κ1) is 15.5. The molecule has 0 spiro atoms. The standard InChI is InChI=1S/C9H19O.Cs/c1-4-7-8-9(10,5-2)6-3;/h4-8H2,1-3H3;/q-1;+1. The summed E-state index contributed by atoms with van der Waals surface area (Å²) in [6.07, 6.45) is 4.65. The summed E-state index contributed by atoms with van der Waals surface area (Å²) in [6.45, 7) is 6.12. The molecule has 62 valence electrons. The molecule has 0 heterocycles. The van der Waals surface area contributed by atoms with Crippen LogP contribution in [0.25, 0.3) is 0 Å². The Hall–Kier alpha value is 2.01. The third kappa shape index (κ3) is 7.11. The zero-order valence-corrected chi connectivity index (χ0v) is 14.7. The second-order valence-electron chi connectivity index (χ2n) is 2.99. The predicted molar refractivity (Wildman–Crippen MR) is 42.8 cm³/mol. The molecular formula is C9H19CsO. The summed E-state index contributed by atoms with van der Waals surface area (Å²) >= 11 is 0. The van der Waals surface area contributed by atoms with Crippen LogP contribution in [0.3, 0.4) is 0 Å². The van der Waals surface area contributed by atoms with E-state index in [4.69, 9.17) is 0 Å². The fraction of sp³-hybridized carbons (Fsp3) is 1.00. The molecule has 0 atom stereocenters. The Labute approximate surface area is 130 Å². The van der Waals surface area contributed by atoms with Crippen LogP contribution < -0.4 is 74.0 Å². The van der Waals surface area contributed by atoms with Crippen molar-refractivity contribution in [1.82, 2.24) is 0 Å². The Morgan fingerprint density at radius 3 is 1.82 bits per heavy atom. The van der Waals surface area contributed by atoms with Gasteiger partial charge in [0.1, 0.15) is 0 Å². The molecule has 1 nitrogen and oxygen atoms in total. The van der Waals surface area contributed by atoms with Gasteiger partial charge < -0.3 is 5.11 Å². The van der Waals surface area contributed by atoms with E-state index in [1.807, 2.05) is 13.8 Å². The van der Waals surface area contributed by atoms with Crippen molar-refractivity contribution in [2.24, 2.45) is 0 Å². The number of hydrogen-bond donors (Lipinski definition) is 0. The molecule has 0 aromatic rings. The summed E-state index contributed by atoms with van der Waals surface area (Å²) in [7, 11) is 0. The fourth-order valence-corrected chi connectivity index (χ4v) is 1.10. The molecule has 0 radical (unpaired) electrons. The third-order valence-corrected chi connectivity index (χ3v) is 2.27. The van der Waals surface area contributed by atoms with E-state index in [1.165, 1.54) is 0 Å². The maximum Gasteiger partial charge on any atom is 1.00 e. The zero-order chi connectivity index (χ0) is 8.04. The quantitative estimate of drug-likeness (QED) is 0.638. The van der Waals surface area contributed by atoms with Crippen LogP contribution in [0.1, 0.15) is 52.9 Å². The van der Waals surface area contributed by atoms with Crippen molar-refractivity contribution in [2.45, 2.75) is 58.5 Å². The van der Waals surface area contributed by atoms with Gasteiger partial charge in [0.25, 0.3) is 0 Å². The van der Waals surface area contributed by atoms with Crippen LogP contribution in [0.2, 0.25) is 0 Å². The van der Waals surface area contributed by atoms with Crippen LogP contribution >= 0.6 is 0 Å². The predicted octanol–water partition coefficient (Wildman–Crippen LogP) is -0.900. The second kappa shape index (κ2) is 8.60. The smallest absolute Gasteiger partial charge is 0.849 e. The molecule has 0 saturated carbocycles. The number of hydrogen-bond acceptors (Lipinski definition) is 1. The van der Waals surface area contributed by atoms with Gasteiger partial charge in [-0.1, -0.05) is 52.9 Å². The molecule has 0 bridgehead atoms. The molecule has 0 fully saturated rings. The molecule has 0 aliphatic heterocycles. The van der Waals surface area contributed by atoms with Crippen LogP contribution in [0.5, 0.6) is 0 Å². The van der Waals surface area contributed by atoms with Crippen molar-refractivity contribution in [3.8, 4) is 0 Å². The van der Waals surface area contributed by atoms with Gasteiger partial charge in [0, 0.05) is 0 Å². The van der Waals surface area contributed by atoms with Crippen molar-refractivity contribution < 1.29 is 74.0 Å². The minimum absolute atomic E-state index is 0. The van der Waals surface area contributed by atoms with E-state index < -0.39 is 5.60 Å². The topological polar surface area (TPSA) is 23.1 Å². The first-order valence-electron chi connectivity index (χ1n) is 4.39. The van der Waals surface area contributed by atoms with E-state index >= 15 is 0 Å². The van der Waals surface area contributed by atoms with Gasteiger partial charge in [0.15, 0.2) is 0 Å². The van der Waals surface area contributed by atoms with Gasteiger partial charge >= 0.3 is 68.9 Å². The Morgan fingerprint density at radius 2 is 1.55 bits per heavy atom. The molecule has 0 aromatic heterocycles. The van der Waals surface area contributed by atoms with Gasteiger partial charge in [-0.2, -0.15) is 0 Å². The SMILES string of the molecule is CCCCC([O-])(CC)CC.[Cs+]. The molecule has 0 aliphatic carbocycles. The van der Waals surface area contributed by atoms with Crippen LogP contribution in [0, 0.1) is 0 Å². The van der Waals surface area contributed by atoms with Crippen molar-refractivity contribution in [3.63, 3.8) is 0 Å². The maximum atomic E-state index is 11.6. The molecule has 0 saturated heterocycles. The Morgan fingerprint density at radius 1 is 1.09 bits per heavy atom. The molecule has 0 N–H and O–H groups in total. The van der Waals surface area contributed by atoms with Crippen LogP contribution in [0.15, 0.2) is 0 Å². The minimum Gasteiger partial charge on any atom is -0.849 e. The molecule has 11 heavy (non-hydrogen) atoms. The summed E-state index contributed by atoms with van der Waals surface area (Å²) in [5.41, 5.74) is -0.615. The van der Waals surface area contributed by atoms with E-state index in [0.29, 0.717) is 0 Å². The summed E-state index contributed by atoms with van der Waals surface area (Å²) in [6, 6.07) is 0. The van der Waals surface area contributed by atoms with Crippen molar-refractivity contribution in [3.05, 3.63) is 0 Å². The number of rotatable bonds is 5. The monoisotopic (exact) mass is 276 g/mol. The first-order chi connectivity index (χ1) is 4.68. The summed E-state index contributed by atoms with van der Waals surface area (Å²) in [5.74, 6) is 0. The largest absolute Gasteiger partial charge is 1.00 e. The van der Waals surface area contributed by atoms with Gasteiger partial charge in [-0.05, 0) is 0 Å². The molecular weight excluding hydrogens is 257 g/mol. The van der Waals surface area contributed by atoms with Crippen molar-refractivity contribution in [2.75, 3.05) is 0 Å². The summed E-state index contributed by atoms with van der Waals surface area (Å²) in [5, 5.41) is 11.6. The number of unbranched alkanes of at least 4 members (excludes halogenated alkanes) is 1. The van der Waals surface area contributed by atoms with Crippen LogP contribution in [-0.2, 0) is 0 Å². The Bertz CT molecular complexity index is 79.6. The second-order valence-corrected chi connectivity index (χ2v) is 2.99. The molecule has 0 aliphatic rings. The van der Waals surface area contributed by atoms with Gasteiger partial charge in [0.05, 0.1) is 0 Å². The van der Waals surface area contributed by atoms with E-state index in [0.717, 1.165) is 32.1 Å². The van der Waals surface area contributed by atoms with Gasteiger partial charge in [-0.15, -0.1) is 5.60 Å². The Kier molecular flexibility index (Phi) is 12.1. The summed E-state index contributed by atoms with van der Waals surface area (Å²) < 4.78 is 0. The first-order valence-corrected chi connectivity index (χ1v) is 4.39. The fourth-order valence-electron chi connectivity index (χ4n) is 1.10. The average molecular weight is 276 g/mol. The van der Waals surface area contributed by atoms with Crippen LogP contribution in [0.4, 0.5) is 0 Å². The third-order valence-electron chi connectivity index (χ3n) is 2.27. The average Bonchev–Trinajstić information content (AvgIpc) is 2.00. The van der Waals surface area contributed by atoms with Crippen molar-refractivity contribution in [1.29, 1.82) is 0 Å². The molecule has 0 aromatic carbocycles. The summed E-state index contributed by atoms with van der Waals surface area (Å²) in [4.78, 5) is 0. The molecule has 0 unspecified atom stereocenters.